The number of nitrogens with one attached hydrogen (secondary N) is 1. The summed E-state index contributed by atoms with van der Waals surface area (Å²) in [6.07, 6.45) is 2.69. The Morgan fingerprint density at radius 3 is 2.75 bits per heavy atom. The van der Waals surface area contributed by atoms with Gasteiger partial charge in [-0.05, 0) is 6.42 Å². The average molecular weight is 230 g/mol. The lowest BCUT2D eigenvalue weighted by Crippen LogP contribution is -2.50. The number of ether oxygens (including phenoxy) is 1. The third kappa shape index (κ3) is 4.08. The second kappa shape index (κ2) is 6.18. The third-order valence-electron chi connectivity index (χ3n) is 2.95. The normalized spacial score (nSPS) is 21.4. The first-order valence-electron chi connectivity index (χ1n) is 5.91. The molecule has 0 aliphatic carbocycles. The molecule has 1 aliphatic rings. The summed E-state index contributed by atoms with van der Waals surface area (Å²) in [5.74, 6) is -0.179. The molecule has 1 unspecified atom stereocenters. The van der Waals surface area contributed by atoms with E-state index in [1.807, 2.05) is 6.92 Å². The fourth-order valence-corrected chi connectivity index (χ4v) is 1.75. The van der Waals surface area contributed by atoms with Crippen molar-refractivity contribution >= 4 is 5.91 Å². The van der Waals surface area contributed by atoms with Crippen molar-refractivity contribution in [1.82, 2.24) is 5.32 Å². The number of hydrogen-bond donors (Lipinski definition) is 3. The van der Waals surface area contributed by atoms with Crippen LogP contribution in [-0.4, -0.2) is 42.4 Å². The minimum absolute atomic E-state index is 0.179. The molecule has 0 aromatic heterocycles. The molecule has 0 spiro atoms. The SMILES string of the molecule is CCCC(N)C(=O)NCC1(O)CCOCC1. The van der Waals surface area contributed by atoms with E-state index in [1.165, 1.54) is 0 Å². The lowest BCUT2D eigenvalue weighted by atomic mass is 9.94. The first-order valence-corrected chi connectivity index (χ1v) is 5.91. The highest BCUT2D eigenvalue weighted by molar-refractivity contribution is 5.81. The molecule has 16 heavy (non-hydrogen) atoms. The van der Waals surface area contributed by atoms with Crippen LogP contribution in [0.3, 0.4) is 0 Å². The van der Waals surface area contributed by atoms with Gasteiger partial charge < -0.3 is 20.9 Å². The number of carbonyl (C=O) groups is 1. The van der Waals surface area contributed by atoms with Crippen LogP contribution in [0.2, 0.25) is 0 Å². The van der Waals surface area contributed by atoms with Gasteiger partial charge in [0, 0.05) is 32.6 Å². The zero-order valence-corrected chi connectivity index (χ0v) is 9.87. The zero-order chi connectivity index (χ0) is 12.0. The topological polar surface area (TPSA) is 84.6 Å². The lowest BCUT2D eigenvalue weighted by Gasteiger charge is -2.32. The molecule has 1 aliphatic heterocycles. The summed E-state index contributed by atoms with van der Waals surface area (Å²) in [4.78, 5) is 11.5. The summed E-state index contributed by atoms with van der Waals surface area (Å²) in [5.41, 5.74) is 4.85. The highest BCUT2D eigenvalue weighted by Gasteiger charge is 2.30. The van der Waals surface area contributed by atoms with Crippen LogP contribution in [0.25, 0.3) is 0 Å². The maximum absolute atomic E-state index is 11.5. The second-order valence-corrected chi connectivity index (χ2v) is 4.45. The van der Waals surface area contributed by atoms with E-state index in [-0.39, 0.29) is 12.5 Å². The third-order valence-corrected chi connectivity index (χ3v) is 2.95. The molecular formula is C11H22N2O3. The standard InChI is InChI=1S/C11H22N2O3/c1-2-3-9(12)10(14)13-8-11(15)4-6-16-7-5-11/h9,15H,2-8,12H2,1H3,(H,13,14). The quantitative estimate of drug-likeness (QED) is 0.609. The van der Waals surface area contributed by atoms with E-state index in [4.69, 9.17) is 10.5 Å². The smallest absolute Gasteiger partial charge is 0.237 e. The number of nitrogens with two attached hydrogens (primary N) is 1. The first-order chi connectivity index (χ1) is 7.57. The summed E-state index contributed by atoms with van der Waals surface area (Å²) in [5, 5.41) is 12.8. The van der Waals surface area contributed by atoms with E-state index in [9.17, 15) is 9.90 Å². The molecule has 0 aromatic rings. The lowest BCUT2D eigenvalue weighted by molar-refractivity contribution is -0.125. The molecule has 1 saturated heterocycles. The summed E-state index contributed by atoms with van der Waals surface area (Å²) < 4.78 is 5.16. The molecule has 1 atom stereocenters. The van der Waals surface area contributed by atoms with Crippen molar-refractivity contribution in [3.8, 4) is 0 Å². The Bertz CT molecular complexity index is 227. The van der Waals surface area contributed by atoms with Gasteiger partial charge in [-0.2, -0.15) is 0 Å². The summed E-state index contributed by atoms with van der Waals surface area (Å²) in [7, 11) is 0. The number of carbonyl (C=O) groups excluding carboxylic acids is 1. The number of amides is 1. The Morgan fingerprint density at radius 1 is 1.56 bits per heavy atom. The maximum Gasteiger partial charge on any atom is 0.237 e. The van der Waals surface area contributed by atoms with Gasteiger partial charge in [0.2, 0.25) is 5.91 Å². The number of rotatable bonds is 5. The minimum Gasteiger partial charge on any atom is -0.388 e. The van der Waals surface area contributed by atoms with Crippen molar-refractivity contribution in [3.63, 3.8) is 0 Å². The molecule has 0 radical (unpaired) electrons. The number of hydrogen-bond acceptors (Lipinski definition) is 4. The average Bonchev–Trinajstić information content (AvgIpc) is 2.27. The van der Waals surface area contributed by atoms with E-state index in [0.717, 1.165) is 6.42 Å². The fraction of sp³-hybridized carbons (Fsp3) is 0.909. The summed E-state index contributed by atoms with van der Waals surface area (Å²) in [6.45, 7) is 3.35. The highest BCUT2D eigenvalue weighted by Crippen LogP contribution is 2.19. The van der Waals surface area contributed by atoms with Crippen LogP contribution in [0.4, 0.5) is 0 Å². The van der Waals surface area contributed by atoms with E-state index < -0.39 is 11.6 Å². The van der Waals surface area contributed by atoms with Crippen LogP contribution in [-0.2, 0) is 9.53 Å². The molecule has 5 nitrogen and oxygen atoms in total. The van der Waals surface area contributed by atoms with Gasteiger partial charge in [-0.3, -0.25) is 4.79 Å². The minimum atomic E-state index is -0.820. The van der Waals surface area contributed by atoms with Crippen molar-refractivity contribution in [1.29, 1.82) is 0 Å². The molecule has 1 fully saturated rings. The van der Waals surface area contributed by atoms with E-state index in [2.05, 4.69) is 5.32 Å². The van der Waals surface area contributed by atoms with Crippen LogP contribution in [0.1, 0.15) is 32.6 Å². The molecule has 1 amide bonds. The molecular weight excluding hydrogens is 208 g/mol. The molecule has 0 aromatic carbocycles. The predicted octanol–water partition coefficient (Wildman–Crippen LogP) is -0.228. The van der Waals surface area contributed by atoms with Crippen LogP contribution in [0.15, 0.2) is 0 Å². The Hall–Kier alpha value is -0.650. The van der Waals surface area contributed by atoms with Gasteiger partial charge in [-0.1, -0.05) is 13.3 Å². The van der Waals surface area contributed by atoms with Gasteiger partial charge >= 0.3 is 0 Å². The molecule has 1 heterocycles. The van der Waals surface area contributed by atoms with Gasteiger partial charge in [0.05, 0.1) is 11.6 Å². The highest BCUT2D eigenvalue weighted by atomic mass is 16.5. The van der Waals surface area contributed by atoms with E-state index in [0.29, 0.717) is 32.5 Å². The summed E-state index contributed by atoms with van der Waals surface area (Å²) in [6, 6.07) is -0.464. The van der Waals surface area contributed by atoms with Gasteiger partial charge in [0.25, 0.3) is 0 Å². The molecule has 0 bridgehead atoms. The fourth-order valence-electron chi connectivity index (χ4n) is 1.75. The Kier molecular flexibility index (Phi) is 5.18. The molecule has 5 heteroatoms. The van der Waals surface area contributed by atoms with Crippen LogP contribution >= 0.6 is 0 Å². The van der Waals surface area contributed by atoms with Gasteiger partial charge in [-0.15, -0.1) is 0 Å². The maximum atomic E-state index is 11.5. The Balaban J connectivity index is 2.29. The monoisotopic (exact) mass is 230 g/mol. The van der Waals surface area contributed by atoms with Gasteiger partial charge in [-0.25, -0.2) is 0 Å². The second-order valence-electron chi connectivity index (χ2n) is 4.45. The molecule has 4 N–H and O–H groups in total. The van der Waals surface area contributed by atoms with Crippen molar-refractivity contribution in [2.75, 3.05) is 19.8 Å². The Labute approximate surface area is 96.3 Å². The zero-order valence-electron chi connectivity index (χ0n) is 9.87. The Morgan fingerprint density at radius 2 is 2.19 bits per heavy atom. The molecule has 0 saturated carbocycles. The predicted molar refractivity (Wildman–Crippen MR) is 60.9 cm³/mol. The van der Waals surface area contributed by atoms with Crippen LogP contribution in [0.5, 0.6) is 0 Å². The van der Waals surface area contributed by atoms with E-state index >= 15 is 0 Å². The van der Waals surface area contributed by atoms with Crippen molar-refractivity contribution in [2.24, 2.45) is 5.73 Å². The van der Waals surface area contributed by atoms with Crippen molar-refractivity contribution in [2.45, 2.75) is 44.2 Å². The largest absolute Gasteiger partial charge is 0.388 e. The van der Waals surface area contributed by atoms with Crippen molar-refractivity contribution < 1.29 is 14.6 Å². The molecule has 1 rings (SSSR count). The number of aliphatic hydroxyl groups is 1. The molecule has 94 valence electrons. The van der Waals surface area contributed by atoms with Crippen LogP contribution in [0, 0.1) is 0 Å². The van der Waals surface area contributed by atoms with Crippen molar-refractivity contribution in [3.05, 3.63) is 0 Å². The first kappa shape index (κ1) is 13.4. The van der Waals surface area contributed by atoms with Gasteiger partial charge in [0.15, 0.2) is 0 Å². The van der Waals surface area contributed by atoms with E-state index in [1.54, 1.807) is 0 Å². The van der Waals surface area contributed by atoms with Gasteiger partial charge in [0.1, 0.15) is 0 Å². The van der Waals surface area contributed by atoms with Crippen LogP contribution < -0.4 is 11.1 Å². The summed E-state index contributed by atoms with van der Waals surface area (Å²) >= 11 is 0.